The van der Waals surface area contributed by atoms with Gasteiger partial charge in [0.25, 0.3) is 0 Å². The zero-order valence-electron chi connectivity index (χ0n) is 18.5. The Morgan fingerprint density at radius 2 is 1.56 bits per heavy atom. The van der Waals surface area contributed by atoms with E-state index in [1.807, 2.05) is 0 Å². The van der Waals surface area contributed by atoms with Crippen LogP contribution in [-0.4, -0.2) is 37.3 Å². The zero-order chi connectivity index (χ0) is 23.6. The van der Waals surface area contributed by atoms with Gasteiger partial charge < -0.3 is 9.47 Å². The first kappa shape index (κ1) is 20.8. The number of Topliss-reactive ketones (excluding diaryl/α,β-unsaturated/α-hetero) is 1. The van der Waals surface area contributed by atoms with Gasteiger partial charge in [-0.3, -0.25) is 14.4 Å². The van der Waals surface area contributed by atoms with E-state index in [0.29, 0.717) is 28.8 Å². The number of hydrogen-bond donors (Lipinski definition) is 0. The molecule has 4 aliphatic carbocycles. The van der Waals surface area contributed by atoms with Gasteiger partial charge in [-0.05, 0) is 72.6 Å². The number of carbonyl (C=O) groups is 4. The molecule has 2 aromatic rings. The summed E-state index contributed by atoms with van der Waals surface area (Å²) in [5.41, 5.74) is 0.951. The molecule has 7 heteroatoms. The number of hydrogen-bond acceptors (Lipinski definition) is 6. The Bertz CT molecular complexity index is 1210. The predicted molar refractivity (Wildman–Crippen MR) is 121 cm³/mol. The minimum absolute atomic E-state index is 0.138. The van der Waals surface area contributed by atoms with E-state index in [1.54, 1.807) is 42.5 Å². The summed E-state index contributed by atoms with van der Waals surface area (Å²) in [6, 6.07) is 12.8. The molecule has 2 amide bonds. The van der Waals surface area contributed by atoms with Gasteiger partial charge in [0.05, 0.1) is 30.2 Å². The maximum atomic E-state index is 13.3. The maximum Gasteiger partial charge on any atom is 0.338 e. The average molecular weight is 457 g/mol. The summed E-state index contributed by atoms with van der Waals surface area (Å²) in [6.45, 7) is -0.418. The summed E-state index contributed by atoms with van der Waals surface area (Å²) in [5, 5.41) is 0. The number of esters is 1. The molecule has 0 radical (unpaired) electrons. The SMILES string of the molecule is COc1ccc(C(=O)COC(=O)c2cccc(N3C(=O)[C@@H]4[C@H]5C=C[C@@H]([C@@H]6C[C@@H]56)[C@@H]4C3=O)c2)cc1. The van der Waals surface area contributed by atoms with Crippen molar-refractivity contribution in [3.05, 3.63) is 71.8 Å². The number of imide groups is 1. The van der Waals surface area contributed by atoms with Crippen LogP contribution in [0.2, 0.25) is 0 Å². The van der Waals surface area contributed by atoms with Gasteiger partial charge in [0.2, 0.25) is 11.8 Å². The molecule has 2 bridgehead atoms. The Balaban J connectivity index is 1.17. The highest BCUT2D eigenvalue weighted by molar-refractivity contribution is 6.23. The third-order valence-electron chi connectivity index (χ3n) is 7.75. The van der Waals surface area contributed by atoms with Crippen molar-refractivity contribution >= 4 is 29.3 Å². The second-order valence-corrected chi connectivity index (χ2v) is 9.44. The highest BCUT2D eigenvalue weighted by atomic mass is 16.5. The molecule has 1 aliphatic heterocycles. The Labute approximate surface area is 196 Å². The van der Waals surface area contributed by atoms with Gasteiger partial charge in [0.15, 0.2) is 12.4 Å². The molecule has 0 N–H and O–H groups in total. The van der Waals surface area contributed by atoms with Crippen LogP contribution in [0.1, 0.15) is 27.1 Å². The summed E-state index contributed by atoms with van der Waals surface area (Å²) in [5.74, 6) is -0.0530. The Morgan fingerprint density at radius 3 is 2.18 bits per heavy atom. The number of allylic oxidation sites excluding steroid dienone is 2. The Morgan fingerprint density at radius 1 is 0.912 bits per heavy atom. The smallest absolute Gasteiger partial charge is 0.338 e. The minimum Gasteiger partial charge on any atom is -0.497 e. The molecule has 5 aliphatic rings. The van der Waals surface area contributed by atoms with Crippen LogP contribution in [-0.2, 0) is 14.3 Å². The number of anilines is 1. The van der Waals surface area contributed by atoms with Gasteiger partial charge in [0.1, 0.15) is 5.75 Å². The number of carbonyl (C=O) groups excluding carboxylic acids is 4. The van der Waals surface area contributed by atoms with Crippen LogP contribution < -0.4 is 9.64 Å². The summed E-state index contributed by atoms with van der Waals surface area (Å²) >= 11 is 0. The third-order valence-corrected chi connectivity index (χ3v) is 7.75. The normalized spacial score (nSPS) is 30.1. The third kappa shape index (κ3) is 3.10. The Kier molecular flexibility index (Phi) is 4.69. The lowest BCUT2D eigenvalue weighted by Crippen LogP contribution is -2.40. The standard InChI is InChI=1S/C27H23NO6/c1-33-17-7-5-14(6-8-17)22(29)13-34-27(32)15-3-2-4-16(11-15)28-25(30)23-18-9-10-19(21-12-20(18)21)24(23)26(28)31/h2-11,18-21,23-24H,12-13H2,1H3/t18-,19-,20-,21-,23-,24+/m0/s1. The number of nitrogens with zero attached hydrogens (tertiary/aromatic N) is 1. The van der Waals surface area contributed by atoms with Crippen molar-refractivity contribution < 1.29 is 28.7 Å². The van der Waals surface area contributed by atoms with Crippen LogP contribution in [0, 0.1) is 35.5 Å². The van der Waals surface area contributed by atoms with Crippen LogP contribution >= 0.6 is 0 Å². The van der Waals surface area contributed by atoms with Crippen LogP contribution in [0.25, 0.3) is 0 Å². The van der Waals surface area contributed by atoms with Gasteiger partial charge in [-0.2, -0.15) is 0 Å². The van der Waals surface area contributed by atoms with E-state index < -0.39 is 12.6 Å². The summed E-state index contributed by atoms with van der Waals surface area (Å²) < 4.78 is 10.3. The summed E-state index contributed by atoms with van der Waals surface area (Å²) in [6.07, 6.45) is 5.36. The molecule has 0 unspecified atom stereocenters. The lowest BCUT2D eigenvalue weighted by Gasteiger charge is -2.37. The molecule has 34 heavy (non-hydrogen) atoms. The Hall–Kier alpha value is -3.74. The first-order valence-corrected chi connectivity index (χ1v) is 11.5. The number of ketones is 1. The molecule has 7 rings (SSSR count). The number of methoxy groups -OCH3 is 1. The van der Waals surface area contributed by atoms with Gasteiger partial charge in [0, 0.05) is 5.56 Å². The van der Waals surface area contributed by atoms with E-state index in [1.165, 1.54) is 18.1 Å². The molecule has 0 spiro atoms. The van der Waals surface area contributed by atoms with E-state index in [0.717, 1.165) is 6.42 Å². The number of rotatable bonds is 6. The fourth-order valence-corrected chi connectivity index (χ4v) is 6.06. The van der Waals surface area contributed by atoms with Crippen molar-refractivity contribution in [1.29, 1.82) is 0 Å². The molecule has 6 atom stereocenters. The average Bonchev–Trinajstić information content (AvgIpc) is 3.65. The number of amides is 2. The van der Waals surface area contributed by atoms with Crippen molar-refractivity contribution in [3.63, 3.8) is 0 Å². The van der Waals surface area contributed by atoms with Gasteiger partial charge >= 0.3 is 5.97 Å². The molecule has 2 saturated carbocycles. The largest absolute Gasteiger partial charge is 0.497 e. The van der Waals surface area contributed by atoms with Crippen molar-refractivity contribution in [2.45, 2.75) is 6.42 Å². The molecule has 7 nitrogen and oxygen atoms in total. The zero-order valence-corrected chi connectivity index (χ0v) is 18.5. The summed E-state index contributed by atoms with van der Waals surface area (Å²) in [4.78, 5) is 52.8. The van der Waals surface area contributed by atoms with Crippen molar-refractivity contribution in [2.75, 3.05) is 18.6 Å². The highest BCUT2D eigenvalue weighted by Gasteiger charge is 2.67. The van der Waals surface area contributed by atoms with Crippen LogP contribution in [0.3, 0.4) is 0 Å². The van der Waals surface area contributed by atoms with E-state index in [-0.39, 0.29) is 46.8 Å². The van der Waals surface area contributed by atoms with Crippen molar-refractivity contribution in [2.24, 2.45) is 35.5 Å². The van der Waals surface area contributed by atoms with E-state index in [4.69, 9.17) is 9.47 Å². The first-order valence-electron chi connectivity index (χ1n) is 11.5. The fourth-order valence-electron chi connectivity index (χ4n) is 6.06. The van der Waals surface area contributed by atoms with Crippen LogP contribution in [0.5, 0.6) is 5.75 Å². The van der Waals surface area contributed by atoms with E-state index in [2.05, 4.69) is 12.2 Å². The van der Waals surface area contributed by atoms with Gasteiger partial charge in [-0.25, -0.2) is 9.69 Å². The van der Waals surface area contributed by atoms with Crippen LogP contribution in [0.15, 0.2) is 60.7 Å². The molecule has 2 aromatic carbocycles. The summed E-state index contributed by atoms with van der Waals surface area (Å²) in [7, 11) is 1.54. The second kappa shape index (κ2) is 7.65. The molecular formula is C27H23NO6. The maximum absolute atomic E-state index is 13.3. The lowest BCUT2D eigenvalue weighted by molar-refractivity contribution is -0.124. The van der Waals surface area contributed by atoms with Crippen molar-refractivity contribution in [3.8, 4) is 5.75 Å². The molecule has 1 saturated heterocycles. The minimum atomic E-state index is -0.691. The lowest BCUT2D eigenvalue weighted by atomic mass is 9.63. The predicted octanol–water partition coefficient (Wildman–Crippen LogP) is 3.29. The molecular weight excluding hydrogens is 434 g/mol. The van der Waals surface area contributed by atoms with Gasteiger partial charge in [-0.1, -0.05) is 18.2 Å². The molecule has 1 heterocycles. The van der Waals surface area contributed by atoms with Gasteiger partial charge in [-0.15, -0.1) is 0 Å². The molecule has 0 aromatic heterocycles. The van der Waals surface area contributed by atoms with E-state index in [9.17, 15) is 19.2 Å². The highest BCUT2D eigenvalue weighted by Crippen LogP contribution is 2.65. The topological polar surface area (TPSA) is 90.0 Å². The quantitative estimate of drug-likeness (QED) is 0.286. The molecule has 172 valence electrons. The van der Waals surface area contributed by atoms with E-state index >= 15 is 0 Å². The van der Waals surface area contributed by atoms with Crippen molar-refractivity contribution in [1.82, 2.24) is 0 Å². The fraction of sp³-hybridized carbons (Fsp3) is 0.333. The number of ether oxygens (including phenoxy) is 2. The first-order chi connectivity index (χ1) is 16.5. The monoisotopic (exact) mass is 457 g/mol. The molecule has 3 fully saturated rings. The number of benzene rings is 2. The van der Waals surface area contributed by atoms with Crippen LogP contribution in [0.4, 0.5) is 5.69 Å². The second-order valence-electron chi connectivity index (χ2n) is 9.44.